The zero-order chi connectivity index (χ0) is 13.1. The van der Waals surface area contributed by atoms with Gasteiger partial charge in [0, 0.05) is 12.6 Å². The van der Waals surface area contributed by atoms with Crippen LogP contribution in [0.25, 0.3) is 0 Å². The van der Waals surface area contributed by atoms with Crippen molar-refractivity contribution in [3.8, 4) is 0 Å². The van der Waals surface area contributed by atoms with Gasteiger partial charge in [-0.05, 0) is 26.0 Å². The third kappa shape index (κ3) is 4.28. The Balaban J connectivity index is 2.69. The van der Waals surface area contributed by atoms with E-state index in [1.165, 1.54) is 12.0 Å². The van der Waals surface area contributed by atoms with Gasteiger partial charge in [-0.15, -0.1) is 0 Å². The molecule has 1 aromatic rings. The smallest absolute Gasteiger partial charge is 0.0775 e. The molecule has 0 radical (unpaired) electrons. The van der Waals surface area contributed by atoms with Crippen LogP contribution in [0.15, 0.2) is 24.3 Å². The maximum absolute atomic E-state index is 2.42. The van der Waals surface area contributed by atoms with Gasteiger partial charge in [-0.25, -0.2) is 0 Å². The SMILES string of the molecule is CCC(C)N(C)Cc1ccc([Si](C)(C)C)cc1. The van der Waals surface area contributed by atoms with Gasteiger partial charge in [-0.3, -0.25) is 4.90 Å². The Morgan fingerprint density at radius 3 is 2.06 bits per heavy atom. The lowest BCUT2D eigenvalue weighted by molar-refractivity contribution is 0.244. The monoisotopic (exact) mass is 249 g/mol. The Kier molecular flexibility index (Phi) is 4.96. The van der Waals surface area contributed by atoms with Gasteiger partial charge in [0.1, 0.15) is 0 Å². The van der Waals surface area contributed by atoms with Crippen LogP contribution in [0.2, 0.25) is 19.6 Å². The Morgan fingerprint density at radius 2 is 1.65 bits per heavy atom. The van der Waals surface area contributed by atoms with E-state index in [1.807, 2.05) is 0 Å². The molecule has 0 amide bonds. The van der Waals surface area contributed by atoms with Crippen molar-refractivity contribution in [2.75, 3.05) is 7.05 Å². The molecule has 17 heavy (non-hydrogen) atoms. The zero-order valence-electron chi connectivity index (χ0n) is 12.2. The fourth-order valence-corrected chi connectivity index (χ4v) is 3.03. The Morgan fingerprint density at radius 1 is 1.12 bits per heavy atom. The topological polar surface area (TPSA) is 3.24 Å². The van der Waals surface area contributed by atoms with Crippen LogP contribution in [-0.4, -0.2) is 26.1 Å². The Bertz CT molecular complexity index is 337. The number of benzene rings is 1. The maximum Gasteiger partial charge on any atom is 0.0775 e. The van der Waals surface area contributed by atoms with Crippen molar-refractivity contribution in [1.82, 2.24) is 4.90 Å². The van der Waals surface area contributed by atoms with Gasteiger partial charge in [0.15, 0.2) is 0 Å². The van der Waals surface area contributed by atoms with E-state index >= 15 is 0 Å². The predicted octanol–water partition coefficient (Wildman–Crippen LogP) is 3.46. The van der Waals surface area contributed by atoms with E-state index in [0.717, 1.165) is 6.54 Å². The van der Waals surface area contributed by atoms with Crippen molar-refractivity contribution in [3.05, 3.63) is 29.8 Å². The summed E-state index contributed by atoms with van der Waals surface area (Å²) in [6.45, 7) is 12.8. The summed E-state index contributed by atoms with van der Waals surface area (Å²) in [5, 5.41) is 1.55. The number of nitrogens with zero attached hydrogens (tertiary/aromatic N) is 1. The molecule has 0 saturated heterocycles. The van der Waals surface area contributed by atoms with Gasteiger partial charge in [-0.1, -0.05) is 56.0 Å². The lowest BCUT2D eigenvalue weighted by Gasteiger charge is -2.24. The fraction of sp³-hybridized carbons (Fsp3) is 0.600. The molecule has 0 aliphatic heterocycles. The van der Waals surface area contributed by atoms with Crippen LogP contribution in [0, 0.1) is 0 Å². The van der Waals surface area contributed by atoms with Crippen molar-refractivity contribution in [2.24, 2.45) is 0 Å². The zero-order valence-corrected chi connectivity index (χ0v) is 13.2. The molecule has 0 N–H and O–H groups in total. The second kappa shape index (κ2) is 5.83. The Labute approximate surface area is 108 Å². The molecule has 0 saturated carbocycles. The highest BCUT2D eigenvalue weighted by molar-refractivity contribution is 6.88. The molecule has 1 nitrogen and oxygen atoms in total. The minimum atomic E-state index is -1.14. The number of rotatable bonds is 5. The molecular formula is C15H27NSi. The summed E-state index contributed by atoms with van der Waals surface area (Å²) < 4.78 is 0. The third-order valence-corrected chi connectivity index (χ3v) is 5.66. The quantitative estimate of drug-likeness (QED) is 0.722. The highest BCUT2D eigenvalue weighted by Crippen LogP contribution is 2.09. The molecule has 0 heterocycles. The van der Waals surface area contributed by atoms with E-state index < -0.39 is 8.07 Å². The lowest BCUT2D eigenvalue weighted by atomic mass is 10.1. The molecule has 2 heteroatoms. The van der Waals surface area contributed by atoms with Crippen LogP contribution in [0.3, 0.4) is 0 Å². The largest absolute Gasteiger partial charge is 0.299 e. The summed E-state index contributed by atoms with van der Waals surface area (Å²) >= 11 is 0. The molecule has 0 aromatic heterocycles. The van der Waals surface area contributed by atoms with Crippen molar-refractivity contribution < 1.29 is 0 Å². The molecular weight excluding hydrogens is 222 g/mol. The fourth-order valence-electron chi connectivity index (χ4n) is 1.87. The van der Waals surface area contributed by atoms with Gasteiger partial charge in [0.25, 0.3) is 0 Å². The summed E-state index contributed by atoms with van der Waals surface area (Å²) in [6, 6.07) is 9.91. The molecule has 96 valence electrons. The van der Waals surface area contributed by atoms with E-state index in [1.54, 1.807) is 5.19 Å². The second-order valence-corrected chi connectivity index (χ2v) is 11.2. The average molecular weight is 249 g/mol. The molecule has 0 bridgehead atoms. The highest BCUT2D eigenvalue weighted by Gasteiger charge is 2.15. The Hall–Kier alpha value is -0.603. The van der Waals surface area contributed by atoms with Crippen LogP contribution in [0.1, 0.15) is 25.8 Å². The summed E-state index contributed by atoms with van der Waals surface area (Å²) in [5.74, 6) is 0. The molecule has 1 unspecified atom stereocenters. The van der Waals surface area contributed by atoms with Gasteiger partial charge in [0.2, 0.25) is 0 Å². The number of hydrogen-bond acceptors (Lipinski definition) is 1. The van der Waals surface area contributed by atoms with Crippen molar-refractivity contribution in [1.29, 1.82) is 0 Å². The first-order chi connectivity index (χ1) is 7.84. The molecule has 0 aliphatic rings. The first-order valence-electron chi connectivity index (χ1n) is 6.64. The summed E-state index contributed by atoms with van der Waals surface area (Å²) in [4.78, 5) is 2.42. The minimum absolute atomic E-state index is 0.659. The van der Waals surface area contributed by atoms with Crippen LogP contribution in [-0.2, 0) is 6.54 Å². The van der Waals surface area contributed by atoms with E-state index in [-0.39, 0.29) is 0 Å². The van der Waals surface area contributed by atoms with Crippen molar-refractivity contribution >= 4 is 13.3 Å². The van der Waals surface area contributed by atoms with Crippen molar-refractivity contribution in [2.45, 2.75) is 52.5 Å². The molecule has 1 atom stereocenters. The molecule has 0 fully saturated rings. The lowest BCUT2D eigenvalue weighted by Crippen LogP contribution is -2.37. The minimum Gasteiger partial charge on any atom is -0.299 e. The summed E-state index contributed by atoms with van der Waals surface area (Å²) in [5.41, 5.74) is 1.43. The molecule has 0 aliphatic carbocycles. The van der Waals surface area contributed by atoms with Gasteiger partial charge < -0.3 is 0 Å². The van der Waals surface area contributed by atoms with Crippen LogP contribution >= 0.6 is 0 Å². The molecule has 1 rings (SSSR count). The molecule has 1 aromatic carbocycles. The third-order valence-electron chi connectivity index (χ3n) is 3.60. The van der Waals surface area contributed by atoms with Crippen LogP contribution in [0.4, 0.5) is 0 Å². The highest BCUT2D eigenvalue weighted by atomic mass is 28.3. The van der Waals surface area contributed by atoms with E-state index in [2.05, 4.69) is 69.7 Å². The molecule has 0 spiro atoms. The summed E-state index contributed by atoms with van der Waals surface area (Å²) in [6.07, 6.45) is 1.21. The van der Waals surface area contributed by atoms with Gasteiger partial charge in [0.05, 0.1) is 8.07 Å². The van der Waals surface area contributed by atoms with E-state index in [4.69, 9.17) is 0 Å². The average Bonchev–Trinajstić information content (AvgIpc) is 2.27. The first-order valence-corrected chi connectivity index (χ1v) is 10.1. The second-order valence-electron chi connectivity index (χ2n) is 6.12. The van der Waals surface area contributed by atoms with E-state index in [0.29, 0.717) is 6.04 Å². The number of hydrogen-bond donors (Lipinski definition) is 0. The van der Waals surface area contributed by atoms with E-state index in [9.17, 15) is 0 Å². The maximum atomic E-state index is 2.42. The van der Waals surface area contributed by atoms with Gasteiger partial charge >= 0.3 is 0 Å². The standard InChI is InChI=1S/C15H27NSi/c1-7-13(2)16(3)12-14-8-10-15(11-9-14)17(4,5)6/h8-11,13H,7,12H2,1-6H3. The summed E-state index contributed by atoms with van der Waals surface area (Å²) in [7, 11) is 1.07. The van der Waals surface area contributed by atoms with Crippen molar-refractivity contribution in [3.63, 3.8) is 0 Å². The predicted molar refractivity (Wildman–Crippen MR) is 80.6 cm³/mol. The first kappa shape index (κ1) is 14.5. The van der Waals surface area contributed by atoms with Crippen LogP contribution < -0.4 is 5.19 Å². The van der Waals surface area contributed by atoms with Gasteiger partial charge in [-0.2, -0.15) is 0 Å². The normalized spacial score (nSPS) is 14.1. The van der Waals surface area contributed by atoms with Crippen LogP contribution in [0.5, 0.6) is 0 Å².